The standard InChI is InChI=1S/C18H22O6/c1-6-11-9-18(16(19)23-4,17(20)24-5)10-12-7-13(21-2)8-14(22-3)15(11)12/h6-8,11H,1,9-10H2,2-5H3/t11-/m0/s1. The quantitative estimate of drug-likeness (QED) is 0.467. The number of hydrogen-bond acceptors (Lipinski definition) is 6. The fraction of sp³-hybridized carbons (Fsp3) is 0.444. The molecular formula is C18H22O6. The minimum Gasteiger partial charge on any atom is -0.497 e. The van der Waals surface area contributed by atoms with Crippen LogP contribution in [0.15, 0.2) is 24.8 Å². The normalized spacial score (nSPS) is 18.1. The van der Waals surface area contributed by atoms with Crippen molar-refractivity contribution in [3.63, 3.8) is 0 Å². The van der Waals surface area contributed by atoms with E-state index in [1.54, 1.807) is 32.4 Å². The summed E-state index contributed by atoms with van der Waals surface area (Å²) in [6, 6.07) is 3.58. The zero-order valence-corrected chi connectivity index (χ0v) is 14.4. The summed E-state index contributed by atoms with van der Waals surface area (Å²) in [5.41, 5.74) is 0.266. The van der Waals surface area contributed by atoms with Gasteiger partial charge in [0.25, 0.3) is 0 Å². The van der Waals surface area contributed by atoms with Crippen LogP contribution in [0, 0.1) is 5.41 Å². The molecule has 6 heteroatoms. The molecule has 1 aliphatic rings. The molecule has 0 aliphatic heterocycles. The van der Waals surface area contributed by atoms with Gasteiger partial charge in [-0.25, -0.2) is 0 Å². The number of ether oxygens (including phenoxy) is 4. The van der Waals surface area contributed by atoms with Crippen LogP contribution in [-0.2, 0) is 25.5 Å². The van der Waals surface area contributed by atoms with Crippen molar-refractivity contribution in [2.75, 3.05) is 28.4 Å². The number of fused-ring (bicyclic) bond motifs is 1. The fourth-order valence-corrected chi connectivity index (χ4v) is 3.37. The summed E-state index contributed by atoms with van der Waals surface area (Å²) in [5.74, 6) is -0.272. The molecule has 0 heterocycles. The molecule has 0 saturated carbocycles. The van der Waals surface area contributed by atoms with E-state index in [1.807, 2.05) is 0 Å². The van der Waals surface area contributed by atoms with E-state index in [9.17, 15) is 9.59 Å². The first-order valence-corrected chi connectivity index (χ1v) is 7.51. The molecule has 0 amide bonds. The fourth-order valence-electron chi connectivity index (χ4n) is 3.37. The van der Waals surface area contributed by atoms with Crippen molar-refractivity contribution in [2.45, 2.75) is 18.8 Å². The largest absolute Gasteiger partial charge is 0.497 e. The molecule has 1 atom stereocenters. The van der Waals surface area contributed by atoms with Crippen molar-refractivity contribution in [3.8, 4) is 11.5 Å². The van der Waals surface area contributed by atoms with Crippen LogP contribution in [0.5, 0.6) is 11.5 Å². The third kappa shape index (κ3) is 2.72. The van der Waals surface area contributed by atoms with Crippen molar-refractivity contribution in [2.24, 2.45) is 5.41 Å². The Labute approximate surface area is 141 Å². The molecule has 1 aliphatic carbocycles. The van der Waals surface area contributed by atoms with E-state index < -0.39 is 17.4 Å². The molecule has 2 rings (SSSR count). The second-order valence-corrected chi connectivity index (χ2v) is 5.69. The molecule has 0 aromatic heterocycles. The van der Waals surface area contributed by atoms with Crippen LogP contribution in [-0.4, -0.2) is 40.4 Å². The second-order valence-electron chi connectivity index (χ2n) is 5.69. The molecule has 0 N–H and O–H groups in total. The highest BCUT2D eigenvalue weighted by molar-refractivity contribution is 6.01. The van der Waals surface area contributed by atoms with Crippen molar-refractivity contribution >= 4 is 11.9 Å². The summed E-state index contributed by atoms with van der Waals surface area (Å²) in [4.78, 5) is 24.9. The lowest BCUT2D eigenvalue weighted by Crippen LogP contribution is -2.46. The SMILES string of the molecule is C=C[C@H]1CC(C(=O)OC)(C(=O)OC)Cc2cc(OC)cc(OC)c21. The number of benzene rings is 1. The molecule has 1 aromatic rings. The molecular weight excluding hydrogens is 312 g/mol. The van der Waals surface area contributed by atoms with Gasteiger partial charge in [0.2, 0.25) is 0 Å². The van der Waals surface area contributed by atoms with Gasteiger partial charge in [-0.3, -0.25) is 9.59 Å². The molecule has 0 unspecified atom stereocenters. The summed E-state index contributed by atoms with van der Waals surface area (Å²) < 4.78 is 20.6. The lowest BCUT2D eigenvalue weighted by Gasteiger charge is -2.37. The maximum atomic E-state index is 12.4. The maximum absolute atomic E-state index is 12.4. The van der Waals surface area contributed by atoms with E-state index in [0.717, 1.165) is 11.1 Å². The summed E-state index contributed by atoms with van der Waals surface area (Å²) in [6.45, 7) is 3.85. The Morgan fingerprint density at radius 3 is 2.21 bits per heavy atom. The van der Waals surface area contributed by atoms with Crippen LogP contribution in [0.1, 0.15) is 23.5 Å². The summed E-state index contributed by atoms with van der Waals surface area (Å²) in [6.07, 6.45) is 2.07. The van der Waals surface area contributed by atoms with Crippen LogP contribution < -0.4 is 9.47 Å². The molecule has 24 heavy (non-hydrogen) atoms. The average molecular weight is 334 g/mol. The monoisotopic (exact) mass is 334 g/mol. The first kappa shape index (κ1) is 17.8. The van der Waals surface area contributed by atoms with Gasteiger partial charge < -0.3 is 18.9 Å². The Morgan fingerprint density at radius 1 is 1.12 bits per heavy atom. The Balaban J connectivity index is 2.68. The van der Waals surface area contributed by atoms with Crippen LogP contribution in [0.3, 0.4) is 0 Å². The van der Waals surface area contributed by atoms with E-state index in [2.05, 4.69) is 6.58 Å². The topological polar surface area (TPSA) is 71.1 Å². The zero-order chi connectivity index (χ0) is 17.9. The Kier molecular flexibility index (Phi) is 5.17. The number of methoxy groups -OCH3 is 4. The summed E-state index contributed by atoms with van der Waals surface area (Å²) in [7, 11) is 5.63. The van der Waals surface area contributed by atoms with Gasteiger partial charge in [-0.2, -0.15) is 0 Å². The minimum atomic E-state index is -1.41. The van der Waals surface area contributed by atoms with Crippen molar-refractivity contribution in [1.29, 1.82) is 0 Å². The average Bonchev–Trinajstić information content (AvgIpc) is 2.64. The molecule has 0 saturated heterocycles. The lowest BCUT2D eigenvalue weighted by molar-refractivity contribution is -0.170. The van der Waals surface area contributed by atoms with Gasteiger partial charge in [-0.1, -0.05) is 6.08 Å². The van der Waals surface area contributed by atoms with Gasteiger partial charge in [0, 0.05) is 17.5 Å². The highest BCUT2D eigenvalue weighted by atomic mass is 16.5. The van der Waals surface area contributed by atoms with Gasteiger partial charge in [-0.05, 0) is 24.5 Å². The van der Waals surface area contributed by atoms with Gasteiger partial charge in [0.15, 0.2) is 5.41 Å². The minimum absolute atomic E-state index is 0.152. The molecule has 130 valence electrons. The maximum Gasteiger partial charge on any atom is 0.323 e. The van der Waals surface area contributed by atoms with Gasteiger partial charge in [-0.15, -0.1) is 6.58 Å². The Morgan fingerprint density at radius 2 is 1.75 bits per heavy atom. The van der Waals surface area contributed by atoms with Gasteiger partial charge >= 0.3 is 11.9 Å². The second kappa shape index (κ2) is 6.95. The van der Waals surface area contributed by atoms with Gasteiger partial charge in [0.05, 0.1) is 28.4 Å². The van der Waals surface area contributed by atoms with Crippen LogP contribution in [0.2, 0.25) is 0 Å². The third-order valence-corrected chi connectivity index (χ3v) is 4.53. The summed E-state index contributed by atoms with van der Waals surface area (Å²) in [5, 5.41) is 0. The molecule has 0 fully saturated rings. The third-order valence-electron chi connectivity index (χ3n) is 4.53. The highest BCUT2D eigenvalue weighted by Crippen LogP contribution is 2.49. The number of carbonyl (C=O) groups is 2. The van der Waals surface area contributed by atoms with Crippen LogP contribution >= 0.6 is 0 Å². The number of allylic oxidation sites excluding steroid dienone is 1. The van der Waals surface area contributed by atoms with E-state index in [0.29, 0.717) is 11.5 Å². The predicted octanol–water partition coefficient (Wildman–Crippen LogP) is 2.25. The molecule has 6 nitrogen and oxygen atoms in total. The molecule has 0 bridgehead atoms. The Hall–Kier alpha value is -2.50. The van der Waals surface area contributed by atoms with E-state index in [4.69, 9.17) is 18.9 Å². The van der Waals surface area contributed by atoms with E-state index >= 15 is 0 Å². The van der Waals surface area contributed by atoms with E-state index in [-0.39, 0.29) is 18.8 Å². The van der Waals surface area contributed by atoms with Crippen molar-refractivity contribution in [1.82, 2.24) is 0 Å². The number of rotatable bonds is 5. The predicted molar refractivity (Wildman–Crippen MR) is 87.3 cm³/mol. The van der Waals surface area contributed by atoms with Crippen molar-refractivity contribution < 1.29 is 28.5 Å². The molecule has 1 aromatic carbocycles. The van der Waals surface area contributed by atoms with Crippen LogP contribution in [0.25, 0.3) is 0 Å². The number of carbonyl (C=O) groups excluding carboxylic acids is 2. The first-order chi connectivity index (χ1) is 11.5. The first-order valence-electron chi connectivity index (χ1n) is 7.51. The molecule has 0 spiro atoms. The summed E-state index contributed by atoms with van der Waals surface area (Å²) >= 11 is 0. The van der Waals surface area contributed by atoms with Crippen molar-refractivity contribution in [3.05, 3.63) is 35.9 Å². The zero-order valence-electron chi connectivity index (χ0n) is 14.4. The van der Waals surface area contributed by atoms with Crippen LogP contribution in [0.4, 0.5) is 0 Å². The van der Waals surface area contributed by atoms with Gasteiger partial charge in [0.1, 0.15) is 11.5 Å². The number of hydrogen-bond donors (Lipinski definition) is 0. The highest BCUT2D eigenvalue weighted by Gasteiger charge is 2.53. The Bertz CT molecular complexity index is 648. The van der Waals surface area contributed by atoms with E-state index in [1.165, 1.54) is 14.2 Å². The lowest BCUT2D eigenvalue weighted by atomic mass is 9.66. The smallest absolute Gasteiger partial charge is 0.323 e. The molecule has 0 radical (unpaired) electrons. The number of esters is 2.